The van der Waals surface area contributed by atoms with E-state index in [2.05, 4.69) is 36.7 Å². The van der Waals surface area contributed by atoms with Gasteiger partial charge in [-0.25, -0.2) is 0 Å². The third-order valence-electron chi connectivity index (χ3n) is 5.61. The fraction of sp³-hybridized carbons (Fsp3) is 0.304. The van der Waals surface area contributed by atoms with Gasteiger partial charge < -0.3 is 9.88 Å². The van der Waals surface area contributed by atoms with Crippen LogP contribution in [0.15, 0.2) is 47.4 Å². The standard InChI is InChI=1S/C23H24N2O2/c1-4-15-8-6-9-16(5-2)20(15)24-23(27)19-13-25-14(3)12-17-10-7-11-18(21(17)25)22(19)26/h6-11,13-14H,4-5,12H2,1-3H3,(H,24,27)/t14-/m1/s1. The molecule has 27 heavy (non-hydrogen) atoms. The molecule has 1 aliphatic heterocycles. The Labute approximate surface area is 158 Å². The number of para-hydroxylation sites is 2. The molecular formula is C23H24N2O2. The van der Waals surface area contributed by atoms with Gasteiger partial charge in [-0.2, -0.15) is 0 Å². The van der Waals surface area contributed by atoms with Crippen molar-refractivity contribution < 1.29 is 4.79 Å². The fourth-order valence-corrected chi connectivity index (χ4v) is 4.16. The van der Waals surface area contributed by atoms with Crippen LogP contribution in [0.5, 0.6) is 0 Å². The van der Waals surface area contributed by atoms with Crippen LogP contribution in [0.25, 0.3) is 10.9 Å². The fourth-order valence-electron chi connectivity index (χ4n) is 4.16. The van der Waals surface area contributed by atoms with Crippen LogP contribution in [-0.2, 0) is 19.3 Å². The Morgan fingerprint density at radius 2 is 1.78 bits per heavy atom. The number of hydrogen-bond acceptors (Lipinski definition) is 2. The quantitative estimate of drug-likeness (QED) is 0.745. The minimum Gasteiger partial charge on any atom is -0.343 e. The van der Waals surface area contributed by atoms with Crippen molar-refractivity contribution in [3.63, 3.8) is 0 Å². The van der Waals surface area contributed by atoms with Crippen molar-refractivity contribution in [2.75, 3.05) is 5.32 Å². The van der Waals surface area contributed by atoms with E-state index in [0.717, 1.165) is 41.6 Å². The summed E-state index contributed by atoms with van der Waals surface area (Å²) < 4.78 is 2.08. The number of nitrogens with zero attached hydrogens (tertiary/aromatic N) is 1. The summed E-state index contributed by atoms with van der Waals surface area (Å²) in [5, 5.41) is 3.66. The smallest absolute Gasteiger partial charge is 0.261 e. The second kappa shape index (κ2) is 6.69. The predicted molar refractivity (Wildman–Crippen MR) is 110 cm³/mol. The molecule has 1 amide bonds. The number of carbonyl (C=O) groups excluding carboxylic acids is 1. The molecule has 1 aliphatic rings. The second-order valence-corrected chi connectivity index (χ2v) is 7.26. The SMILES string of the molecule is CCc1cccc(CC)c1NC(=O)c1cn2c3c(cccc3c1=O)C[C@H]2C. The first-order valence-electron chi connectivity index (χ1n) is 9.64. The molecule has 0 fully saturated rings. The number of aromatic nitrogens is 1. The maximum absolute atomic E-state index is 13.1. The largest absolute Gasteiger partial charge is 0.343 e. The highest BCUT2D eigenvalue weighted by Gasteiger charge is 2.24. The van der Waals surface area contributed by atoms with Gasteiger partial charge >= 0.3 is 0 Å². The zero-order chi connectivity index (χ0) is 19.1. The van der Waals surface area contributed by atoms with Crippen molar-refractivity contribution in [3.8, 4) is 0 Å². The molecule has 4 rings (SSSR count). The van der Waals surface area contributed by atoms with Crippen molar-refractivity contribution in [2.24, 2.45) is 0 Å². The summed E-state index contributed by atoms with van der Waals surface area (Å²) >= 11 is 0. The predicted octanol–water partition coefficient (Wildman–Crippen LogP) is 4.50. The molecular weight excluding hydrogens is 336 g/mol. The van der Waals surface area contributed by atoms with E-state index in [-0.39, 0.29) is 22.9 Å². The maximum Gasteiger partial charge on any atom is 0.261 e. The van der Waals surface area contributed by atoms with Crippen LogP contribution in [0.3, 0.4) is 0 Å². The van der Waals surface area contributed by atoms with Gasteiger partial charge in [0.2, 0.25) is 5.43 Å². The molecule has 4 heteroatoms. The van der Waals surface area contributed by atoms with Crippen molar-refractivity contribution in [3.05, 3.63) is 75.1 Å². The number of nitrogens with one attached hydrogen (secondary N) is 1. The van der Waals surface area contributed by atoms with E-state index >= 15 is 0 Å². The number of pyridine rings is 1. The van der Waals surface area contributed by atoms with Gasteiger partial charge in [0.15, 0.2) is 0 Å². The molecule has 0 unspecified atom stereocenters. The van der Waals surface area contributed by atoms with E-state index in [9.17, 15) is 9.59 Å². The third-order valence-corrected chi connectivity index (χ3v) is 5.61. The van der Waals surface area contributed by atoms with Gasteiger partial charge in [0.25, 0.3) is 5.91 Å². The van der Waals surface area contributed by atoms with Gasteiger partial charge in [0, 0.05) is 23.3 Å². The van der Waals surface area contributed by atoms with Crippen molar-refractivity contribution in [1.29, 1.82) is 0 Å². The van der Waals surface area contributed by atoms with Crippen LogP contribution in [0, 0.1) is 0 Å². The van der Waals surface area contributed by atoms with Crippen molar-refractivity contribution >= 4 is 22.5 Å². The van der Waals surface area contributed by atoms with Crippen LogP contribution in [0.2, 0.25) is 0 Å². The molecule has 2 aromatic carbocycles. The molecule has 0 saturated heterocycles. The molecule has 3 aromatic rings. The topological polar surface area (TPSA) is 51.1 Å². The Morgan fingerprint density at radius 3 is 2.44 bits per heavy atom. The summed E-state index contributed by atoms with van der Waals surface area (Å²) in [5.41, 5.74) is 5.18. The first kappa shape index (κ1) is 17.5. The maximum atomic E-state index is 13.1. The van der Waals surface area contributed by atoms with E-state index in [1.165, 1.54) is 5.56 Å². The van der Waals surface area contributed by atoms with Gasteiger partial charge in [-0.15, -0.1) is 0 Å². The third kappa shape index (κ3) is 2.76. The van der Waals surface area contributed by atoms with Crippen LogP contribution in [0.4, 0.5) is 5.69 Å². The van der Waals surface area contributed by atoms with Crippen LogP contribution in [-0.4, -0.2) is 10.5 Å². The number of rotatable bonds is 4. The van der Waals surface area contributed by atoms with Crippen LogP contribution in [0.1, 0.15) is 53.9 Å². The molecule has 138 valence electrons. The average Bonchev–Trinajstić information content (AvgIpc) is 3.00. The Balaban J connectivity index is 1.83. The molecule has 0 radical (unpaired) electrons. The zero-order valence-electron chi connectivity index (χ0n) is 16.0. The van der Waals surface area contributed by atoms with Gasteiger partial charge in [-0.3, -0.25) is 9.59 Å². The molecule has 0 spiro atoms. The lowest BCUT2D eigenvalue weighted by molar-refractivity contribution is 0.102. The highest BCUT2D eigenvalue weighted by molar-refractivity contribution is 6.06. The molecule has 4 nitrogen and oxygen atoms in total. The minimum atomic E-state index is -0.328. The van der Waals surface area contributed by atoms with Gasteiger partial charge in [-0.05, 0) is 48.9 Å². The highest BCUT2D eigenvalue weighted by atomic mass is 16.2. The average molecular weight is 360 g/mol. The van der Waals surface area contributed by atoms with E-state index in [4.69, 9.17) is 0 Å². The molecule has 0 bridgehead atoms. The molecule has 1 aromatic heterocycles. The first-order valence-corrected chi connectivity index (χ1v) is 9.64. The number of benzene rings is 2. The Kier molecular flexibility index (Phi) is 4.34. The molecule has 1 N–H and O–H groups in total. The lowest BCUT2D eigenvalue weighted by Crippen LogP contribution is -2.24. The van der Waals surface area contributed by atoms with Crippen molar-refractivity contribution in [1.82, 2.24) is 4.57 Å². The lowest BCUT2D eigenvalue weighted by Gasteiger charge is -2.16. The summed E-state index contributed by atoms with van der Waals surface area (Å²) in [4.78, 5) is 26.1. The van der Waals surface area contributed by atoms with E-state index < -0.39 is 0 Å². The number of carbonyl (C=O) groups is 1. The van der Waals surface area contributed by atoms with Crippen LogP contribution < -0.4 is 10.7 Å². The summed E-state index contributed by atoms with van der Waals surface area (Å²) in [6.07, 6.45) is 4.28. The Morgan fingerprint density at radius 1 is 1.11 bits per heavy atom. The second-order valence-electron chi connectivity index (χ2n) is 7.26. The van der Waals surface area contributed by atoms with E-state index in [1.54, 1.807) is 6.20 Å². The summed E-state index contributed by atoms with van der Waals surface area (Å²) in [5.74, 6) is -0.328. The highest BCUT2D eigenvalue weighted by Crippen LogP contribution is 2.31. The number of amides is 1. The summed E-state index contributed by atoms with van der Waals surface area (Å²) in [7, 11) is 0. The Hall–Kier alpha value is -2.88. The van der Waals surface area contributed by atoms with Crippen LogP contribution >= 0.6 is 0 Å². The van der Waals surface area contributed by atoms with Crippen molar-refractivity contribution in [2.45, 2.75) is 46.1 Å². The molecule has 0 saturated carbocycles. The van der Waals surface area contributed by atoms with E-state index in [0.29, 0.717) is 5.39 Å². The zero-order valence-corrected chi connectivity index (χ0v) is 16.0. The first-order chi connectivity index (χ1) is 13.0. The minimum absolute atomic E-state index is 0.193. The molecule has 0 aliphatic carbocycles. The summed E-state index contributed by atoms with van der Waals surface area (Å²) in [6.45, 7) is 6.26. The van der Waals surface area contributed by atoms with Gasteiger partial charge in [0.05, 0.1) is 5.52 Å². The lowest BCUT2D eigenvalue weighted by atomic mass is 10.0. The Bertz CT molecular complexity index is 1090. The normalized spacial score (nSPS) is 15.3. The summed E-state index contributed by atoms with van der Waals surface area (Å²) in [6, 6.07) is 12.1. The number of anilines is 1. The monoisotopic (exact) mass is 360 g/mol. The van der Waals surface area contributed by atoms with Gasteiger partial charge in [0.1, 0.15) is 5.56 Å². The number of aryl methyl sites for hydroxylation is 2. The molecule has 1 atom stereocenters. The van der Waals surface area contributed by atoms with Gasteiger partial charge in [-0.1, -0.05) is 44.2 Å². The molecule has 2 heterocycles. The van der Waals surface area contributed by atoms with E-state index in [1.807, 2.05) is 30.3 Å². The number of hydrogen-bond donors (Lipinski definition) is 1.